The SMILES string of the molecule is C#CCN1C(=O)COc2cc(F)c(-n3nc(C)c(OC(F)F)c3C#N)cc21. The second kappa shape index (κ2) is 6.92. The Morgan fingerprint density at radius 2 is 2.19 bits per heavy atom. The molecule has 0 fully saturated rings. The number of ether oxygens (including phenoxy) is 2. The summed E-state index contributed by atoms with van der Waals surface area (Å²) in [5.41, 5.74) is -0.526. The second-order valence-electron chi connectivity index (χ2n) is 5.41. The molecule has 27 heavy (non-hydrogen) atoms. The summed E-state index contributed by atoms with van der Waals surface area (Å²) < 4.78 is 50.1. The molecule has 1 aromatic carbocycles. The fourth-order valence-corrected chi connectivity index (χ4v) is 2.65. The molecular formula is C17H11F3N4O3. The average Bonchev–Trinajstić information content (AvgIpc) is 2.92. The Morgan fingerprint density at radius 1 is 1.44 bits per heavy atom. The maximum absolute atomic E-state index is 14.6. The first-order chi connectivity index (χ1) is 12.9. The highest BCUT2D eigenvalue weighted by Gasteiger charge is 2.29. The van der Waals surface area contributed by atoms with E-state index in [2.05, 4.69) is 15.8 Å². The minimum Gasteiger partial charge on any atom is -0.481 e. The van der Waals surface area contributed by atoms with Crippen molar-refractivity contribution in [2.45, 2.75) is 13.5 Å². The lowest BCUT2D eigenvalue weighted by Gasteiger charge is -2.28. The van der Waals surface area contributed by atoms with Gasteiger partial charge in [0.2, 0.25) is 0 Å². The van der Waals surface area contributed by atoms with Crippen LogP contribution in [0.15, 0.2) is 12.1 Å². The summed E-state index contributed by atoms with van der Waals surface area (Å²) >= 11 is 0. The van der Waals surface area contributed by atoms with Gasteiger partial charge in [-0.3, -0.25) is 9.69 Å². The van der Waals surface area contributed by atoms with Gasteiger partial charge >= 0.3 is 6.61 Å². The zero-order valence-corrected chi connectivity index (χ0v) is 13.9. The van der Waals surface area contributed by atoms with Crippen LogP contribution in [0.1, 0.15) is 11.4 Å². The Kier molecular flexibility index (Phi) is 4.65. The van der Waals surface area contributed by atoms with Crippen molar-refractivity contribution in [3.8, 4) is 35.6 Å². The Labute approximate surface area is 151 Å². The highest BCUT2D eigenvalue weighted by Crippen LogP contribution is 2.37. The Balaban J connectivity index is 2.18. The molecule has 10 heteroatoms. The van der Waals surface area contributed by atoms with Crippen molar-refractivity contribution in [3.63, 3.8) is 0 Å². The normalized spacial score (nSPS) is 13.0. The zero-order valence-electron chi connectivity index (χ0n) is 13.9. The van der Waals surface area contributed by atoms with Crippen LogP contribution in [-0.2, 0) is 4.79 Å². The van der Waals surface area contributed by atoms with Crippen LogP contribution in [0, 0.1) is 36.4 Å². The van der Waals surface area contributed by atoms with Crippen LogP contribution >= 0.6 is 0 Å². The first-order valence-electron chi connectivity index (χ1n) is 7.52. The van der Waals surface area contributed by atoms with Crippen LogP contribution in [0.4, 0.5) is 18.9 Å². The van der Waals surface area contributed by atoms with E-state index in [4.69, 9.17) is 11.2 Å². The molecule has 2 aromatic rings. The number of rotatable bonds is 4. The zero-order chi connectivity index (χ0) is 19.7. The lowest BCUT2D eigenvalue weighted by molar-refractivity contribution is -0.121. The Morgan fingerprint density at radius 3 is 2.81 bits per heavy atom. The van der Waals surface area contributed by atoms with Crippen molar-refractivity contribution in [1.29, 1.82) is 5.26 Å². The molecule has 1 aromatic heterocycles. The van der Waals surface area contributed by atoms with Gasteiger partial charge in [-0.1, -0.05) is 5.92 Å². The first kappa shape index (κ1) is 18.1. The summed E-state index contributed by atoms with van der Waals surface area (Å²) in [4.78, 5) is 13.2. The molecule has 0 atom stereocenters. The number of aromatic nitrogens is 2. The first-order valence-corrected chi connectivity index (χ1v) is 7.52. The molecule has 1 aliphatic rings. The van der Waals surface area contributed by atoms with E-state index in [0.29, 0.717) is 0 Å². The van der Waals surface area contributed by atoms with Gasteiger partial charge in [-0.15, -0.1) is 6.42 Å². The third-order valence-electron chi connectivity index (χ3n) is 3.77. The molecule has 7 nitrogen and oxygen atoms in total. The van der Waals surface area contributed by atoms with Gasteiger partial charge in [-0.05, 0) is 13.0 Å². The quantitative estimate of drug-likeness (QED) is 0.764. The second-order valence-corrected chi connectivity index (χ2v) is 5.41. The number of terminal acetylenes is 1. The van der Waals surface area contributed by atoms with E-state index in [1.807, 2.05) is 0 Å². The monoisotopic (exact) mass is 376 g/mol. The maximum Gasteiger partial charge on any atom is 0.387 e. The van der Waals surface area contributed by atoms with E-state index in [-0.39, 0.29) is 36.0 Å². The van der Waals surface area contributed by atoms with Crippen molar-refractivity contribution in [2.75, 3.05) is 18.1 Å². The van der Waals surface area contributed by atoms with Crippen LogP contribution in [0.25, 0.3) is 5.69 Å². The highest BCUT2D eigenvalue weighted by molar-refractivity contribution is 5.98. The predicted octanol–water partition coefficient (Wildman–Crippen LogP) is 2.15. The number of aryl methyl sites for hydroxylation is 1. The van der Waals surface area contributed by atoms with E-state index in [0.717, 1.165) is 10.7 Å². The number of halogens is 3. The summed E-state index contributed by atoms with van der Waals surface area (Å²) in [5.74, 6) is 0.663. The minimum absolute atomic E-state index is 0.0308. The van der Waals surface area contributed by atoms with Crippen LogP contribution < -0.4 is 14.4 Å². The van der Waals surface area contributed by atoms with Gasteiger partial charge in [-0.2, -0.15) is 19.1 Å². The lowest BCUT2D eigenvalue weighted by atomic mass is 10.2. The van der Waals surface area contributed by atoms with Gasteiger partial charge in [0.05, 0.1) is 12.2 Å². The van der Waals surface area contributed by atoms with Gasteiger partial charge < -0.3 is 9.47 Å². The van der Waals surface area contributed by atoms with Crippen LogP contribution in [0.3, 0.4) is 0 Å². The molecule has 0 bridgehead atoms. The number of carbonyl (C=O) groups excluding carboxylic acids is 1. The molecule has 0 radical (unpaired) electrons. The molecule has 0 aliphatic carbocycles. The van der Waals surface area contributed by atoms with Crippen molar-refractivity contribution in [2.24, 2.45) is 0 Å². The number of anilines is 1. The number of hydrogen-bond acceptors (Lipinski definition) is 5. The molecule has 2 heterocycles. The largest absolute Gasteiger partial charge is 0.481 e. The molecule has 138 valence electrons. The van der Waals surface area contributed by atoms with Crippen molar-refractivity contribution < 1.29 is 27.4 Å². The summed E-state index contributed by atoms with van der Waals surface area (Å²) in [5, 5.41) is 13.2. The van der Waals surface area contributed by atoms with Crippen LogP contribution in [0.5, 0.6) is 11.5 Å². The highest BCUT2D eigenvalue weighted by atomic mass is 19.3. The van der Waals surface area contributed by atoms with Gasteiger partial charge in [0.1, 0.15) is 23.2 Å². The summed E-state index contributed by atoms with van der Waals surface area (Å²) in [6.45, 7) is -2.23. The Bertz CT molecular complexity index is 1000. The van der Waals surface area contributed by atoms with E-state index >= 15 is 0 Å². The fraction of sp³-hybridized carbons (Fsp3) is 0.235. The molecule has 3 rings (SSSR count). The molecule has 0 spiro atoms. The van der Waals surface area contributed by atoms with Gasteiger partial charge in [0.25, 0.3) is 5.91 Å². The fourth-order valence-electron chi connectivity index (χ4n) is 2.65. The maximum atomic E-state index is 14.6. The summed E-state index contributed by atoms with van der Waals surface area (Å²) in [7, 11) is 0. The number of nitriles is 1. The molecule has 0 N–H and O–H groups in total. The number of alkyl halides is 2. The summed E-state index contributed by atoms with van der Waals surface area (Å²) in [6, 6.07) is 3.89. The van der Waals surface area contributed by atoms with E-state index in [9.17, 15) is 23.2 Å². The number of hydrogen-bond donors (Lipinski definition) is 0. The number of fused-ring (bicyclic) bond motifs is 1. The average molecular weight is 376 g/mol. The van der Waals surface area contributed by atoms with Crippen molar-refractivity contribution >= 4 is 11.6 Å². The van der Waals surface area contributed by atoms with Gasteiger partial charge in [-0.25, -0.2) is 9.07 Å². The Hall–Kier alpha value is -3.66. The lowest BCUT2D eigenvalue weighted by Crippen LogP contribution is -2.39. The third kappa shape index (κ3) is 3.13. The molecule has 0 saturated carbocycles. The number of benzene rings is 1. The smallest absolute Gasteiger partial charge is 0.387 e. The number of carbonyl (C=O) groups is 1. The van der Waals surface area contributed by atoms with Crippen LogP contribution in [0.2, 0.25) is 0 Å². The molecule has 1 aliphatic heterocycles. The number of amides is 1. The minimum atomic E-state index is -3.18. The van der Waals surface area contributed by atoms with E-state index < -0.39 is 29.8 Å². The molecular weight excluding hydrogens is 365 g/mol. The van der Waals surface area contributed by atoms with Crippen molar-refractivity contribution in [1.82, 2.24) is 9.78 Å². The standard InChI is InChI=1S/C17H11F3N4O3/c1-3-4-23-12-6-11(10(18)5-14(12)26-8-15(23)25)24-13(7-21)16(9(2)22-24)27-17(19)20/h1,5-6,17H,4,8H2,2H3. The van der Waals surface area contributed by atoms with Gasteiger partial charge in [0.15, 0.2) is 23.9 Å². The molecule has 1 amide bonds. The van der Waals surface area contributed by atoms with Crippen molar-refractivity contribution in [3.05, 3.63) is 29.3 Å². The molecule has 0 saturated heterocycles. The topological polar surface area (TPSA) is 80.4 Å². The van der Waals surface area contributed by atoms with Crippen LogP contribution in [-0.4, -0.2) is 35.5 Å². The third-order valence-corrected chi connectivity index (χ3v) is 3.77. The summed E-state index contributed by atoms with van der Waals surface area (Å²) in [6.07, 6.45) is 5.27. The number of nitrogens with zero attached hydrogens (tertiary/aromatic N) is 4. The van der Waals surface area contributed by atoms with E-state index in [1.54, 1.807) is 6.07 Å². The molecule has 0 unspecified atom stereocenters. The van der Waals surface area contributed by atoms with Gasteiger partial charge in [0, 0.05) is 6.07 Å². The predicted molar refractivity (Wildman–Crippen MR) is 86.3 cm³/mol. The van der Waals surface area contributed by atoms with E-state index in [1.165, 1.54) is 17.9 Å².